The lowest BCUT2D eigenvalue weighted by Crippen LogP contribution is -2.12. The van der Waals surface area contributed by atoms with E-state index in [0.29, 0.717) is 5.17 Å². The summed E-state index contributed by atoms with van der Waals surface area (Å²) in [6, 6.07) is 13.6. The summed E-state index contributed by atoms with van der Waals surface area (Å²) in [6.07, 6.45) is 3.74. The molecule has 4 nitrogen and oxygen atoms in total. The summed E-state index contributed by atoms with van der Waals surface area (Å²) < 4.78 is 5.95. The highest BCUT2D eigenvalue weighted by Crippen LogP contribution is 2.30. The number of rotatable bonds is 3. The third-order valence-electron chi connectivity index (χ3n) is 3.06. The second-order valence-corrected chi connectivity index (χ2v) is 5.47. The van der Waals surface area contributed by atoms with Crippen molar-refractivity contribution in [2.45, 2.75) is 13.8 Å². The molecule has 2 aromatic rings. The average Bonchev–Trinajstić information content (AvgIpc) is 2.51. The van der Waals surface area contributed by atoms with Crippen LogP contribution in [0.2, 0.25) is 0 Å². The first-order valence-electron chi connectivity index (χ1n) is 6.76. The number of ether oxygens (including phenoxy) is 1. The van der Waals surface area contributed by atoms with Crippen LogP contribution in [0, 0.1) is 25.3 Å². The van der Waals surface area contributed by atoms with Gasteiger partial charge in [-0.05, 0) is 55.5 Å². The number of para-hydroxylation sites is 1. The van der Waals surface area contributed by atoms with E-state index in [1.54, 1.807) is 0 Å². The lowest BCUT2D eigenvalue weighted by Gasteiger charge is -2.11. The van der Waals surface area contributed by atoms with E-state index in [1.165, 1.54) is 11.8 Å². The van der Waals surface area contributed by atoms with Gasteiger partial charge in [-0.2, -0.15) is 5.26 Å². The van der Waals surface area contributed by atoms with Crippen LogP contribution in [-0.2, 0) is 0 Å². The minimum absolute atomic E-state index is 0.564. The fourth-order valence-corrected chi connectivity index (χ4v) is 2.24. The van der Waals surface area contributed by atoms with E-state index in [0.717, 1.165) is 28.3 Å². The molecule has 0 atom stereocenters. The SMILES string of the molecule is CSC(=Nc1ccc(Oc2ccccc2C)c(C)c1)NC#N. The molecule has 0 aliphatic carbocycles. The van der Waals surface area contributed by atoms with Gasteiger partial charge < -0.3 is 4.74 Å². The van der Waals surface area contributed by atoms with Gasteiger partial charge in [0.25, 0.3) is 0 Å². The Morgan fingerprint density at radius 2 is 1.86 bits per heavy atom. The first kappa shape index (κ1) is 15.9. The summed E-state index contributed by atoms with van der Waals surface area (Å²) in [4.78, 5) is 4.38. The fraction of sp³-hybridized carbons (Fsp3) is 0.176. The molecule has 5 heteroatoms. The molecule has 0 bridgehead atoms. The molecule has 2 rings (SSSR count). The number of thioether (sulfide) groups is 1. The van der Waals surface area contributed by atoms with Gasteiger partial charge in [0.1, 0.15) is 11.5 Å². The van der Waals surface area contributed by atoms with Gasteiger partial charge >= 0.3 is 0 Å². The van der Waals surface area contributed by atoms with Crippen LogP contribution in [0.4, 0.5) is 5.69 Å². The highest BCUT2D eigenvalue weighted by atomic mass is 32.2. The molecule has 0 spiro atoms. The number of nitrogens with zero attached hydrogens (tertiary/aromatic N) is 2. The van der Waals surface area contributed by atoms with Crippen LogP contribution >= 0.6 is 11.8 Å². The Morgan fingerprint density at radius 1 is 1.14 bits per heavy atom. The van der Waals surface area contributed by atoms with Gasteiger partial charge in [-0.3, -0.25) is 5.32 Å². The molecule has 0 unspecified atom stereocenters. The Balaban J connectivity index is 2.24. The van der Waals surface area contributed by atoms with Crippen molar-refractivity contribution in [2.24, 2.45) is 4.99 Å². The zero-order valence-corrected chi connectivity index (χ0v) is 13.6. The highest BCUT2D eigenvalue weighted by molar-refractivity contribution is 8.13. The van der Waals surface area contributed by atoms with Crippen LogP contribution < -0.4 is 10.1 Å². The topological polar surface area (TPSA) is 57.4 Å². The number of aryl methyl sites for hydroxylation is 2. The van der Waals surface area contributed by atoms with Crippen LogP contribution in [0.3, 0.4) is 0 Å². The van der Waals surface area contributed by atoms with Crippen molar-refractivity contribution in [2.75, 3.05) is 6.26 Å². The fourth-order valence-electron chi connectivity index (χ4n) is 1.90. The van der Waals surface area contributed by atoms with Crippen LogP contribution in [-0.4, -0.2) is 11.4 Å². The van der Waals surface area contributed by atoms with E-state index in [1.807, 2.05) is 68.8 Å². The summed E-state index contributed by atoms with van der Waals surface area (Å²) in [5.41, 5.74) is 2.86. The number of hydrogen-bond donors (Lipinski definition) is 1. The summed E-state index contributed by atoms with van der Waals surface area (Å²) in [5.74, 6) is 1.64. The van der Waals surface area contributed by atoms with Crippen LogP contribution in [0.5, 0.6) is 11.5 Å². The van der Waals surface area contributed by atoms with E-state index in [4.69, 9.17) is 10.00 Å². The van der Waals surface area contributed by atoms with Crippen LogP contribution in [0.1, 0.15) is 11.1 Å². The molecule has 0 saturated carbocycles. The molecular formula is C17H17N3OS. The first-order chi connectivity index (χ1) is 10.6. The number of amidine groups is 1. The third kappa shape index (κ3) is 4.03. The number of benzene rings is 2. The van der Waals surface area contributed by atoms with Crippen molar-refractivity contribution in [1.82, 2.24) is 5.32 Å². The van der Waals surface area contributed by atoms with E-state index in [-0.39, 0.29) is 0 Å². The molecule has 0 fully saturated rings. The monoisotopic (exact) mass is 311 g/mol. The molecule has 1 N–H and O–H groups in total. The van der Waals surface area contributed by atoms with Gasteiger partial charge in [0.15, 0.2) is 11.4 Å². The van der Waals surface area contributed by atoms with Gasteiger partial charge in [-0.15, -0.1) is 0 Å². The molecule has 0 heterocycles. The van der Waals surface area contributed by atoms with Crippen molar-refractivity contribution < 1.29 is 4.74 Å². The van der Waals surface area contributed by atoms with Crippen LogP contribution in [0.15, 0.2) is 47.5 Å². The molecule has 0 aliphatic rings. The van der Waals surface area contributed by atoms with Crippen molar-refractivity contribution >= 4 is 22.6 Å². The molecule has 0 saturated heterocycles. The average molecular weight is 311 g/mol. The van der Waals surface area contributed by atoms with Crippen molar-refractivity contribution in [3.63, 3.8) is 0 Å². The second-order valence-electron chi connectivity index (χ2n) is 4.68. The minimum atomic E-state index is 0.564. The summed E-state index contributed by atoms with van der Waals surface area (Å²) in [5, 5.41) is 11.8. The molecule has 0 aliphatic heterocycles. The standard InChI is InChI=1S/C17H17N3OS/c1-12-6-4-5-7-15(12)21-16-9-8-14(10-13(16)2)20-17(22-3)19-11-18/h4-10H,1-3H3,(H,19,20). The maximum absolute atomic E-state index is 8.66. The summed E-state index contributed by atoms with van der Waals surface area (Å²) >= 11 is 1.39. The predicted octanol–water partition coefficient (Wildman–Crippen LogP) is 4.52. The first-order valence-corrected chi connectivity index (χ1v) is 7.98. The second kappa shape index (κ2) is 7.53. The van der Waals surface area contributed by atoms with E-state index in [9.17, 15) is 0 Å². The zero-order valence-electron chi connectivity index (χ0n) is 12.8. The number of nitriles is 1. The largest absolute Gasteiger partial charge is 0.457 e. The maximum Gasteiger partial charge on any atom is 0.183 e. The molecule has 22 heavy (non-hydrogen) atoms. The number of hydrogen-bond acceptors (Lipinski definition) is 4. The van der Waals surface area contributed by atoms with Gasteiger partial charge in [0, 0.05) is 0 Å². The maximum atomic E-state index is 8.66. The lowest BCUT2D eigenvalue weighted by atomic mass is 10.2. The highest BCUT2D eigenvalue weighted by Gasteiger charge is 2.05. The van der Waals surface area contributed by atoms with Gasteiger partial charge in [0.05, 0.1) is 5.69 Å². The Kier molecular flexibility index (Phi) is 5.45. The van der Waals surface area contributed by atoms with E-state index in [2.05, 4.69) is 10.3 Å². The quantitative estimate of drug-likeness (QED) is 0.392. The Bertz CT molecular complexity index is 735. The lowest BCUT2D eigenvalue weighted by molar-refractivity contribution is 0.475. The summed E-state index contributed by atoms with van der Waals surface area (Å²) in [6.45, 7) is 3.99. The van der Waals surface area contributed by atoms with Crippen molar-refractivity contribution in [1.29, 1.82) is 5.26 Å². The molecule has 0 aromatic heterocycles. The molecule has 0 radical (unpaired) electrons. The molecule has 2 aromatic carbocycles. The van der Waals surface area contributed by atoms with Crippen molar-refractivity contribution in [3.05, 3.63) is 53.6 Å². The van der Waals surface area contributed by atoms with E-state index < -0.39 is 0 Å². The van der Waals surface area contributed by atoms with Gasteiger partial charge in [-0.25, -0.2) is 4.99 Å². The smallest absolute Gasteiger partial charge is 0.183 e. The number of aliphatic imine (C=N–C) groups is 1. The number of nitrogens with one attached hydrogen (secondary N) is 1. The van der Waals surface area contributed by atoms with Gasteiger partial charge in [-0.1, -0.05) is 30.0 Å². The predicted molar refractivity (Wildman–Crippen MR) is 91.8 cm³/mol. The van der Waals surface area contributed by atoms with E-state index >= 15 is 0 Å². The molecule has 112 valence electrons. The van der Waals surface area contributed by atoms with Crippen LogP contribution in [0.25, 0.3) is 0 Å². The summed E-state index contributed by atoms with van der Waals surface area (Å²) in [7, 11) is 0. The third-order valence-corrected chi connectivity index (χ3v) is 3.64. The van der Waals surface area contributed by atoms with Crippen molar-refractivity contribution in [3.8, 4) is 17.7 Å². The minimum Gasteiger partial charge on any atom is -0.457 e. The Labute approximate surface area is 134 Å². The zero-order chi connectivity index (χ0) is 15.9. The molecule has 0 amide bonds. The molecular weight excluding hydrogens is 294 g/mol. The normalized spacial score (nSPS) is 10.9. The van der Waals surface area contributed by atoms with Gasteiger partial charge in [0.2, 0.25) is 0 Å². The Hall–Kier alpha value is -2.45. The Morgan fingerprint density at radius 3 is 2.50 bits per heavy atom.